The van der Waals surface area contributed by atoms with Crippen molar-refractivity contribution in [3.63, 3.8) is 0 Å². The number of nitrogens with one attached hydrogen (secondary N) is 1. The lowest BCUT2D eigenvalue weighted by Crippen LogP contribution is -2.32. The maximum absolute atomic E-state index is 13.1. The number of benzene rings is 2. The molecule has 2 aromatic carbocycles. The number of hydrogen-bond acceptors (Lipinski definition) is 7. The molecule has 3 aromatic rings. The van der Waals surface area contributed by atoms with Crippen molar-refractivity contribution < 1.29 is 22.4 Å². The molecule has 32 heavy (non-hydrogen) atoms. The van der Waals surface area contributed by atoms with E-state index in [1.54, 1.807) is 6.07 Å². The third-order valence-corrected chi connectivity index (χ3v) is 7.97. The first-order valence-electron chi connectivity index (χ1n) is 10.4. The summed E-state index contributed by atoms with van der Waals surface area (Å²) in [5, 5.41) is 3.15. The predicted octanol–water partition coefficient (Wildman–Crippen LogP) is 4.13. The van der Waals surface area contributed by atoms with E-state index in [9.17, 15) is 13.2 Å². The summed E-state index contributed by atoms with van der Waals surface area (Å²) < 4.78 is 38.7. The third kappa shape index (κ3) is 5.08. The summed E-state index contributed by atoms with van der Waals surface area (Å²) in [6.45, 7) is 1.02. The Morgan fingerprint density at radius 3 is 2.62 bits per heavy atom. The Morgan fingerprint density at radius 2 is 1.91 bits per heavy atom. The van der Waals surface area contributed by atoms with Crippen molar-refractivity contribution in [2.45, 2.75) is 35.8 Å². The number of fused-ring (bicyclic) bond motifs is 1. The molecule has 0 aliphatic carbocycles. The lowest BCUT2D eigenvalue weighted by molar-refractivity contribution is -0.113. The molecule has 1 aliphatic rings. The van der Waals surface area contributed by atoms with Crippen LogP contribution >= 0.6 is 11.8 Å². The van der Waals surface area contributed by atoms with Crippen LogP contribution in [0, 0.1) is 0 Å². The lowest BCUT2D eigenvalue weighted by Gasteiger charge is -2.21. The number of thioether (sulfide) groups is 1. The fourth-order valence-electron chi connectivity index (χ4n) is 3.60. The van der Waals surface area contributed by atoms with Gasteiger partial charge in [0, 0.05) is 13.1 Å². The number of rotatable bonds is 7. The molecule has 0 saturated carbocycles. The number of oxazole rings is 1. The van der Waals surface area contributed by atoms with Gasteiger partial charge < -0.3 is 14.5 Å². The minimum absolute atomic E-state index is 0.0546. The van der Waals surface area contributed by atoms with Crippen LogP contribution in [0.25, 0.3) is 11.1 Å². The molecular weight excluding hydrogens is 450 g/mol. The summed E-state index contributed by atoms with van der Waals surface area (Å²) in [5.74, 6) is 0.124. The SMILES string of the molecule is COc1ccc(S(=O)(=O)N2CCCCCC2)cc1NC(=O)CSc1nc2ccccc2o1. The first-order chi connectivity index (χ1) is 15.5. The van der Waals surface area contributed by atoms with Crippen molar-refractivity contribution in [1.29, 1.82) is 0 Å². The van der Waals surface area contributed by atoms with E-state index in [4.69, 9.17) is 9.15 Å². The summed E-state index contributed by atoms with van der Waals surface area (Å²) in [5.41, 5.74) is 1.69. The molecule has 4 rings (SSSR count). The van der Waals surface area contributed by atoms with Crippen molar-refractivity contribution in [2.24, 2.45) is 0 Å². The van der Waals surface area contributed by atoms with Gasteiger partial charge in [-0.1, -0.05) is 36.7 Å². The van der Waals surface area contributed by atoms with Gasteiger partial charge in [-0.25, -0.2) is 13.4 Å². The minimum Gasteiger partial charge on any atom is -0.495 e. The molecule has 1 amide bonds. The van der Waals surface area contributed by atoms with Crippen molar-refractivity contribution >= 4 is 44.5 Å². The van der Waals surface area contributed by atoms with Crippen LogP contribution in [0.15, 0.2) is 57.0 Å². The lowest BCUT2D eigenvalue weighted by atomic mass is 10.2. The standard InChI is InChI=1S/C22H25N3O5S2/c1-29-19-11-10-16(32(27,28)25-12-6-2-3-7-13-25)14-18(19)23-21(26)15-31-22-24-17-8-4-5-9-20(17)30-22/h4-5,8-11,14H,2-3,6-7,12-13,15H2,1H3,(H,23,26). The van der Waals surface area contributed by atoms with Gasteiger partial charge in [0.15, 0.2) is 5.58 Å². The van der Waals surface area contributed by atoms with Crippen LogP contribution in [0.3, 0.4) is 0 Å². The number of amides is 1. The quantitative estimate of drug-likeness (QED) is 0.513. The van der Waals surface area contributed by atoms with E-state index < -0.39 is 10.0 Å². The Morgan fingerprint density at radius 1 is 1.16 bits per heavy atom. The molecule has 170 valence electrons. The van der Waals surface area contributed by atoms with Gasteiger partial charge in [-0.15, -0.1) is 0 Å². The van der Waals surface area contributed by atoms with E-state index in [1.165, 1.54) is 23.5 Å². The van der Waals surface area contributed by atoms with Gasteiger partial charge in [0.1, 0.15) is 11.3 Å². The van der Waals surface area contributed by atoms with Crippen LogP contribution in [-0.4, -0.2) is 49.6 Å². The van der Waals surface area contributed by atoms with Gasteiger partial charge in [-0.2, -0.15) is 4.31 Å². The normalized spacial score (nSPS) is 15.4. The molecule has 1 N–H and O–H groups in total. The molecule has 0 spiro atoms. The summed E-state index contributed by atoms with van der Waals surface area (Å²) in [7, 11) is -2.17. The summed E-state index contributed by atoms with van der Waals surface area (Å²) >= 11 is 1.16. The molecule has 0 radical (unpaired) electrons. The van der Waals surface area contributed by atoms with Gasteiger partial charge in [0.25, 0.3) is 5.22 Å². The monoisotopic (exact) mass is 475 g/mol. The van der Waals surface area contributed by atoms with Gasteiger partial charge in [-0.3, -0.25) is 4.79 Å². The molecule has 1 fully saturated rings. The zero-order chi connectivity index (χ0) is 22.6. The number of ether oxygens (including phenoxy) is 1. The highest BCUT2D eigenvalue weighted by atomic mass is 32.2. The van der Waals surface area contributed by atoms with Crippen LogP contribution in [0.1, 0.15) is 25.7 Å². The largest absolute Gasteiger partial charge is 0.495 e. The number of hydrogen-bond donors (Lipinski definition) is 1. The Kier molecular flexibility index (Phi) is 7.02. The number of aromatic nitrogens is 1. The van der Waals surface area contributed by atoms with Crippen LogP contribution in [0.5, 0.6) is 5.75 Å². The Bertz CT molecular complexity index is 1170. The predicted molar refractivity (Wildman–Crippen MR) is 124 cm³/mol. The molecule has 10 heteroatoms. The molecule has 0 unspecified atom stereocenters. The van der Waals surface area contributed by atoms with Crippen LogP contribution in [0.4, 0.5) is 5.69 Å². The Labute approximate surface area is 191 Å². The molecule has 2 heterocycles. The second-order valence-corrected chi connectivity index (χ2v) is 10.3. The van der Waals surface area contributed by atoms with Crippen molar-refractivity contribution in [3.05, 3.63) is 42.5 Å². The molecular formula is C22H25N3O5S2. The van der Waals surface area contributed by atoms with Gasteiger partial charge in [0.05, 0.1) is 23.4 Å². The summed E-state index contributed by atoms with van der Waals surface area (Å²) in [6.07, 6.45) is 3.78. The first kappa shape index (κ1) is 22.6. The highest BCUT2D eigenvalue weighted by Gasteiger charge is 2.26. The van der Waals surface area contributed by atoms with Gasteiger partial charge >= 0.3 is 0 Å². The maximum atomic E-state index is 13.1. The second-order valence-electron chi connectivity index (χ2n) is 7.46. The molecule has 0 atom stereocenters. The van der Waals surface area contributed by atoms with Gasteiger partial charge in [0.2, 0.25) is 15.9 Å². The van der Waals surface area contributed by atoms with E-state index in [0.29, 0.717) is 35.3 Å². The number of methoxy groups -OCH3 is 1. The highest BCUT2D eigenvalue weighted by Crippen LogP contribution is 2.30. The van der Waals surface area contributed by atoms with Crippen molar-refractivity contribution in [3.8, 4) is 5.75 Å². The zero-order valence-electron chi connectivity index (χ0n) is 17.7. The Hall–Kier alpha value is -2.56. The van der Waals surface area contributed by atoms with E-state index in [1.807, 2.05) is 24.3 Å². The van der Waals surface area contributed by atoms with Gasteiger partial charge in [-0.05, 0) is 43.2 Å². The Balaban J connectivity index is 1.47. The van der Waals surface area contributed by atoms with Crippen LogP contribution < -0.4 is 10.1 Å². The topological polar surface area (TPSA) is 102 Å². The first-order valence-corrected chi connectivity index (χ1v) is 12.9. The zero-order valence-corrected chi connectivity index (χ0v) is 19.4. The smallest absolute Gasteiger partial charge is 0.257 e. The van der Waals surface area contributed by atoms with E-state index >= 15 is 0 Å². The van der Waals surface area contributed by atoms with E-state index in [2.05, 4.69) is 10.3 Å². The number of carbonyl (C=O) groups is 1. The molecule has 1 aliphatic heterocycles. The third-order valence-electron chi connectivity index (χ3n) is 5.25. The minimum atomic E-state index is -3.64. The van der Waals surface area contributed by atoms with Crippen LogP contribution in [-0.2, 0) is 14.8 Å². The highest BCUT2D eigenvalue weighted by molar-refractivity contribution is 7.99. The fourth-order valence-corrected chi connectivity index (χ4v) is 5.78. The number of carbonyl (C=O) groups excluding carboxylic acids is 1. The van der Waals surface area contributed by atoms with E-state index in [-0.39, 0.29) is 16.6 Å². The summed E-state index contributed by atoms with van der Waals surface area (Å²) in [6, 6.07) is 11.9. The molecule has 1 aromatic heterocycles. The molecule has 8 nitrogen and oxygen atoms in total. The molecule has 0 bridgehead atoms. The van der Waals surface area contributed by atoms with E-state index in [0.717, 1.165) is 43.0 Å². The van der Waals surface area contributed by atoms with Crippen molar-refractivity contribution in [1.82, 2.24) is 9.29 Å². The second kappa shape index (κ2) is 9.93. The average Bonchev–Trinajstić information content (AvgIpc) is 3.00. The average molecular weight is 476 g/mol. The number of para-hydroxylation sites is 2. The maximum Gasteiger partial charge on any atom is 0.257 e. The number of anilines is 1. The number of nitrogens with zero attached hydrogens (tertiary/aromatic N) is 2. The fraction of sp³-hybridized carbons (Fsp3) is 0.364. The number of sulfonamides is 1. The van der Waals surface area contributed by atoms with Crippen molar-refractivity contribution in [2.75, 3.05) is 31.3 Å². The van der Waals surface area contributed by atoms with Crippen LogP contribution in [0.2, 0.25) is 0 Å². The summed E-state index contributed by atoms with van der Waals surface area (Å²) in [4.78, 5) is 17.0. The molecule has 1 saturated heterocycles.